The largest absolute Gasteiger partial charge is 0.469 e. The Morgan fingerprint density at radius 1 is 0.905 bits per heavy atom. The van der Waals surface area contributed by atoms with Crippen molar-refractivity contribution in [3.8, 4) is 0 Å². The molecule has 7 nitrogen and oxygen atoms in total. The highest BCUT2D eigenvalue weighted by atomic mass is 32.2. The Balaban J connectivity index is 1.16. The minimum Gasteiger partial charge on any atom is -0.469 e. The van der Waals surface area contributed by atoms with E-state index in [1.54, 1.807) is 23.1 Å². The average Bonchev–Trinajstić information content (AvgIpc) is 3.45. The van der Waals surface area contributed by atoms with Gasteiger partial charge in [-0.05, 0) is 42.7 Å². The molecule has 3 unspecified atom stereocenters. The van der Waals surface area contributed by atoms with Crippen LogP contribution in [0.5, 0.6) is 0 Å². The van der Waals surface area contributed by atoms with E-state index in [0.29, 0.717) is 12.8 Å². The molecule has 1 aromatic heterocycles. The predicted molar refractivity (Wildman–Crippen MR) is 168 cm³/mol. The molecule has 1 aliphatic rings. The zero-order chi connectivity index (χ0) is 29.1. The number of ether oxygens (including phenoxy) is 3. The number of esters is 1. The summed E-state index contributed by atoms with van der Waals surface area (Å²) in [5.74, 6) is 0.575. The van der Waals surface area contributed by atoms with Crippen LogP contribution in [0.4, 0.5) is 5.69 Å². The number of amides is 1. The van der Waals surface area contributed by atoms with Crippen LogP contribution in [0.3, 0.4) is 0 Å². The Morgan fingerprint density at radius 3 is 2.40 bits per heavy atom. The van der Waals surface area contributed by atoms with Crippen LogP contribution in [0.1, 0.15) is 68.5 Å². The summed E-state index contributed by atoms with van der Waals surface area (Å²) in [6, 6.07) is 26.2. The third kappa shape index (κ3) is 8.64. The molecule has 2 heterocycles. The van der Waals surface area contributed by atoms with E-state index in [2.05, 4.69) is 28.3 Å². The summed E-state index contributed by atoms with van der Waals surface area (Å²) in [6.45, 7) is 0. The van der Waals surface area contributed by atoms with Crippen molar-refractivity contribution in [2.24, 2.45) is 0 Å². The first-order valence-electron chi connectivity index (χ1n) is 14.4. The first-order chi connectivity index (χ1) is 20.6. The summed E-state index contributed by atoms with van der Waals surface area (Å²) in [7, 11) is 1.40. The standard InChI is InChI=1S/C33H36N2O5S2/c1-38-31(37)16-8-3-2-7-15-30(36)34-25-19-17-24(18-20-25)32-39-26(21-28(40-32)23-11-5-4-6-12-23)22-41-33-35-27-13-9-10-14-29(27)42-33/h4-6,9-14,17-20,26,28,32H,2-3,7-8,15-16,21-22H2,1H3,(H,34,36). The molecule has 0 spiro atoms. The Hall–Kier alpha value is -3.24. The van der Waals surface area contributed by atoms with Gasteiger partial charge < -0.3 is 19.5 Å². The molecule has 0 radical (unpaired) electrons. The third-order valence-electron chi connectivity index (χ3n) is 7.15. The number of para-hydroxylation sites is 1. The van der Waals surface area contributed by atoms with E-state index >= 15 is 0 Å². The number of anilines is 1. The molecule has 3 aromatic carbocycles. The second kappa shape index (κ2) is 15.3. The lowest BCUT2D eigenvalue weighted by Crippen LogP contribution is -2.31. The Kier molecular flexibility index (Phi) is 11.0. The average molecular weight is 605 g/mol. The van der Waals surface area contributed by atoms with Crippen molar-refractivity contribution in [2.45, 2.75) is 67.8 Å². The molecule has 1 fully saturated rings. The van der Waals surface area contributed by atoms with E-state index in [0.717, 1.165) is 64.5 Å². The Labute approximate surface area is 255 Å². The van der Waals surface area contributed by atoms with Crippen LogP contribution in [-0.4, -0.2) is 35.8 Å². The number of carbonyl (C=O) groups is 2. The fraction of sp³-hybridized carbons (Fsp3) is 0.364. The maximum Gasteiger partial charge on any atom is 0.305 e. The number of unbranched alkanes of at least 4 members (excludes halogenated alkanes) is 3. The summed E-state index contributed by atoms with van der Waals surface area (Å²) in [5, 5.41) is 2.98. The van der Waals surface area contributed by atoms with E-state index in [-0.39, 0.29) is 24.1 Å². The highest BCUT2D eigenvalue weighted by Gasteiger charge is 2.32. The molecule has 0 bridgehead atoms. The molecule has 1 amide bonds. The number of hydrogen-bond donors (Lipinski definition) is 1. The van der Waals surface area contributed by atoms with Crippen molar-refractivity contribution < 1.29 is 23.8 Å². The van der Waals surface area contributed by atoms with Gasteiger partial charge in [0, 0.05) is 36.3 Å². The SMILES string of the molecule is COC(=O)CCCCCCC(=O)Nc1ccc(C2OC(CSc3nc4ccccc4s3)CC(c3ccccc3)O2)cc1. The number of nitrogens with one attached hydrogen (secondary N) is 1. The lowest BCUT2D eigenvalue weighted by atomic mass is 10.0. The number of thioether (sulfide) groups is 1. The molecule has 1 saturated heterocycles. The number of thiazole rings is 1. The minimum atomic E-state index is -0.514. The van der Waals surface area contributed by atoms with Gasteiger partial charge in [0.25, 0.3) is 0 Å². The number of fused-ring (bicyclic) bond motifs is 1. The zero-order valence-corrected chi connectivity index (χ0v) is 25.3. The number of carbonyl (C=O) groups excluding carboxylic acids is 2. The van der Waals surface area contributed by atoms with Crippen LogP contribution in [0.25, 0.3) is 10.2 Å². The van der Waals surface area contributed by atoms with Crippen molar-refractivity contribution in [1.82, 2.24) is 4.98 Å². The minimum absolute atomic E-state index is 0.0158. The molecular formula is C33H36N2O5S2. The highest BCUT2D eigenvalue weighted by molar-refractivity contribution is 8.01. The zero-order valence-electron chi connectivity index (χ0n) is 23.7. The van der Waals surface area contributed by atoms with Crippen LogP contribution in [0, 0.1) is 0 Å². The van der Waals surface area contributed by atoms with Gasteiger partial charge >= 0.3 is 5.97 Å². The van der Waals surface area contributed by atoms with Gasteiger partial charge in [0.2, 0.25) is 5.91 Å². The monoisotopic (exact) mass is 604 g/mol. The van der Waals surface area contributed by atoms with Gasteiger partial charge in [0.1, 0.15) is 0 Å². The van der Waals surface area contributed by atoms with E-state index in [1.807, 2.05) is 60.7 Å². The highest BCUT2D eigenvalue weighted by Crippen LogP contribution is 2.40. The van der Waals surface area contributed by atoms with Crippen molar-refractivity contribution in [1.29, 1.82) is 0 Å². The molecule has 42 heavy (non-hydrogen) atoms. The van der Waals surface area contributed by atoms with E-state index < -0.39 is 6.29 Å². The van der Waals surface area contributed by atoms with Crippen LogP contribution in [0.15, 0.2) is 83.2 Å². The Morgan fingerprint density at radius 2 is 1.64 bits per heavy atom. The predicted octanol–water partition coefficient (Wildman–Crippen LogP) is 8.09. The number of rotatable bonds is 13. The molecular weight excluding hydrogens is 569 g/mol. The number of aromatic nitrogens is 1. The molecule has 220 valence electrons. The van der Waals surface area contributed by atoms with Crippen molar-refractivity contribution in [3.05, 3.63) is 90.0 Å². The summed E-state index contributed by atoms with van der Waals surface area (Å²) < 4.78 is 19.8. The molecule has 0 saturated carbocycles. The maximum atomic E-state index is 12.4. The van der Waals surface area contributed by atoms with Gasteiger partial charge in [0.15, 0.2) is 10.6 Å². The van der Waals surface area contributed by atoms with Crippen LogP contribution in [0.2, 0.25) is 0 Å². The first kappa shape index (κ1) is 30.2. The van der Waals surface area contributed by atoms with Crippen LogP contribution in [-0.2, 0) is 23.8 Å². The van der Waals surface area contributed by atoms with Crippen LogP contribution >= 0.6 is 23.1 Å². The van der Waals surface area contributed by atoms with E-state index in [1.165, 1.54) is 11.8 Å². The van der Waals surface area contributed by atoms with Gasteiger partial charge in [-0.2, -0.15) is 0 Å². The number of hydrogen-bond acceptors (Lipinski definition) is 8. The summed E-state index contributed by atoms with van der Waals surface area (Å²) in [5.41, 5.74) is 3.82. The summed E-state index contributed by atoms with van der Waals surface area (Å²) in [6.07, 6.45) is 4.40. The quantitative estimate of drug-likeness (QED) is 0.0938. The second-order valence-corrected chi connectivity index (χ2v) is 12.6. The maximum absolute atomic E-state index is 12.4. The third-order valence-corrected chi connectivity index (χ3v) is 9.46. The van der Waals surface area contributed by atoms with Crippen molar-refractivity contribution in [2.75, 3.05) is 18.2 Å². The molecule has 9 heteroatoms. The van der Waals surface area contributed by atoms with Crippen molar-refractivity contribution in [3.63, 3.8) is 0 Å². The lowest BCUT2D eigenvalue weighted by molar-refractivity contribution is -0.245. The fourth-order valence-electron chi connectivity index (χ4n) is 4.89. The molecule has 3 atom stereocenters. The first-order valence-corrected chi connectivity index (χ1v) is 16.2. The van der Waals surface area contributed by atoms with E-state index in [9.17, 15) is 9.59 Å². The molecule has 4 aromatic rings. The van der Waals surface area contributed by atoms with Gasteiger partial charge in [-0.1, -0.05) is 79.2 Å². The summed E-state index contributed by atoms with van der Waals surface area (Å²) >= 11 is 3.44. The second-order valence-electron chi connectivity index (χ2n) is 10.3. The van der Waals surface area contributed by atoms with Crippen LogP contribution < -0.4 is 5.32 Å². The van der Waals surface area contributed by atoms with Gasteiger partial charge in [0.05, 0.1) is 29.5 Å². The number of nitrogens with zero attached hydrogens (tertiary/aromatic N) is 1. The Bertz CT molecular complexity index is 1410. The van der Waals surface area contributed by atoms with Gasteiger partial charge in [-0.15, -0.1) is 11.3 Å². The topological polar surface area (TPSA) is 86.8 Å². The molecule has 0 aliphatic carbocycles. The van der Waals surface area contributed by atoms with Gasteiger partial charge in [-0.25, -0.2) is 4.98 Å². The lowest BCUT2D eigenvalue weighted by Gasteiger charge is -2.36. The summed E-state index contributed by atoms with van der Waals surface area (Å²) in [4.78, 5) is 28.4. The molecule has 1 aliphatic heterocycles. The fourth-order valence-corrected chi connectivity index (χ4v) is 7.00. The van der Waals surface area contributed by atoms with Gasteiger partial charge in [-0.3, -0.25) is 9.59 Å². The van der Waals surface area contributed by atoms with E-state index in [4.69, 9.17) is 14.5 Å². The molecule has 1 N–H and O–H groups in total. The molecule has 5 rings (SSSR count). The number of benzene rings is 3. The normalized spacial score (nSPS) is 18.5. The van der Waals surface area contributed by atoms with Crippen molar-refractivity contribution >= 4 is 50.9 Å². The smallest absolute Gasteiger partial charge is 0.305 e. The number of methoxy groups -OCH3 is 1.